The van der Waals surface area contributed by atoms with Crippen molar-refractivity contribution < 1.29 is 9.59 Å². The Hall–Kier alpha value is -1.50. The number of primary amides is 1. The molecule has 2 aliphatic rings. The van der Waals surface area contributed by atoms with E-state index in [2.05, 4.69) is 5.32 Å². The average Bonchev–Trinajstić information content (AvgIpc) is 3.39. The molecule has 1 saturated carbocycles. The largest absolute Gasteiger partial charge is 0.368 e. The number of hydrogen-bond acceptors (Lipinski definition) is 3. The van der Waals surface area contributed by atoms with Crippen LogP contribution in [0.25, 0.3) is 0 Å². The maximum Gasteiger partial charge on any atom is 0.240 e. The van der Waals surface area contributed by atoms with E-state index < -0.39 is 17.4 Å². The molecule has 2 amide bonds. The van der Waals surface area contributed by atoms with Gasteiger partial charge in [0.1, 0.15) is 6.04 Å². The van der Waals surface area contributed by atoms with Crippen LogP contribution in [0.4, 0.5) is 0 Å². The van der Waals surface area contributed by atoms with E-state index in [1.54, 1.807) is 41.3 Å². The SMILES string of the molecule is NC(=O)[C@H](Cc1ccc(Cl)cc1Cl)N(C[C@@H]1CCNC1)C(=O)C1(c2ccc(Cl)cc2Cl)CC1. The second-order valence-electron chi connectivity index (χ2n) is 8.88. The van der Waals surface area contributed by atoms with E-state index in [9.17, 15) is 9.59 Å². The minimum Gasteiger partial charge on any atom is -0.368 e. The van der Waals surface area contributed by atoms with Crippen molar-refractivity contribution in [2.75, 3.05) is 19.6 Å². The van der Waals surface area contributed by atoms with Crippen LogP contribution < -0.4 is 11.1 Å². The van der Waals surface area contributed by atoms with Crippen LogP contribution in [0.1, 0.15) is 30.4 Å². The maximum atomic E-state index is 14.1. The minimum absolute atomic E-state index is 0.132. The molecule has 9 heteroatoms. The third kappa shape index (κ3) is 5.28. The fourth-order valence-electron chi connectivity index (χ4n) is 4.64. The molecular formula is C24H25Cl4N3O2. The van der Waals surface area contributed by atoms with Gasteiger partial charge in [-0.15, -0.1) is 0 Å². The quantitative estimate of drug-likeness (QED) is 0.513. The van der Waals surface area contributed by atoms with E-state index in [4.69, 9.17) is 52.1 Å². The van der Waals surface area contributed by atoms with Gasteiger partial charge in [0, 0.05) is 33.1 Å². The lowest BCUT2D eigenvalue weighted by Crippen LogP contribution is -2.54. The maximum absolute atomic E-state index is 14.1. The summed E-state index contributed by atoms with van der Waals surface area (Å²) in [6.07, 6.45) is 2.44. The standard InChI is InChI=1S/C24H25Cl4N3O2/c25-16-2-1-15(19(27)10-16)9-21(22(29)32)31(13-14-5-8-30-12-14)23(33)24(6-7-24)18-4-3-17(26)11-20(18)28/h1-4,10-11,14,21,30H,5-9,12-13H2,(H2,29,32)/t14-,21+/m1/s1. The molecule has 3 N–H and O–H groups in total. The highest BCUT2D eigenvalue weighted by Crippen LogP contribution is 2.52. The number of nitrogens with one attached hydrogen (secondary N) is 1. The van der Waals surface area contributed by atoms with Crippen LogP contribution in [-0.4, -0.2) is 42.4 Å². The van der Waals surface area contributed by atoms with Crippen LogP contribution in [-0.2, 0) is 21.4 Å². The summed E-state index contributed by atoms with van der Waals surface area (Å²) in [4.78, 5) is 28.4. The molecule has 0 aromatic heterocycles. The predicted molar refractivity (Wildman–Crippen MR) is 133 cm³/mol. The number of rotatable bonds is 8. The summed E-state index contributed by atoms with van der Waals surface area (Å²) in [5.41, 5.74) is 6.54. The molecule has 1 saturated heterocycles. The fourth-order valence-corrected chi connectivity index (χ4v) is 5.71. The van der Waals surface area contributed by atoms with Crippen molar-refractivity contribution in [2.24, 2.45) is 11.7 Å². The van der Waals surface area contributed by atoms with Gasteiger partial charge in [-0.3, -0.25) is 9.59 Å². The third-order valence-electron chi connectivity index (χ3n) is 6.62. The molecule has 0 spiro atoms. The normalized spacial score (nSPS) is 19.8. The van der Waals surface area contributed by atoms with Crippen molar-refractivity contribution in [3.63, 3.8) is 0 Å². The van der Waals surface area contributed by atoms with Crippen molar-refractivity contribution in [1.29, 1.82) is 0 Å². The molecular weight excluding hydrogens is 504 g/mol. The van der Waals surface area contributed by atoms with Crippen LogP contribution in [0.15, 0.2) is 36.4 Å². The third-order valence-corrected chi connectivity index (χ3v) is 7.75. The van der Waals surface area contributed by atoms with E-state index in [1.165, 1.54) is 0 Å². The van der Waals surface area contributed by atoms with Crippen molar-refractivity contribution in [3.8, 4) is 0 Å². The Labute approximate surface area is 213 Å². The number of hydrogen-bond donors (Lipinski definition) is 2. The van der Waals surface area contributed by atoms with Gasteiger partial charge in [-0.1, -0.05) is 58.5 Å². The average molecular weight is 529 g/mol. The number of halogens is 4. The summed E-state index contributed by atoms with van der Waals surface area (Å²) in [7, 11) is 0. The molecule has 0 unspecified atom stereocenters. The molecule has 4 rings (SSSR count). The first kappa shape index (κ1) is 24.6. The Balaban J connectivity index is 1.69. The first-order valence-electron chi connectivity index (χ1n) is 10.9. The fraction of sp³-hybridized carbons (Fsp3) is 0.417. The van der Waals surface area contributed by atoms with Gasteiger partial charge in [-0.2, -0.15) is 0 Å². The number of amides is 2. The smallest absolute Gasteiger partial charge is 0.240 e. The summed E-state index contributed by atoms with van der Waals surface area (Å²) in [6, 6.07) is 9.45. The molecule has 5 nitrogen and oxygen atoms in total. The highest BCUT2D eigenvalue weighted by molar-refractivity contribution is 6.35. The minimum atomic E-state index is -0.847. The van der Waals surface area contributed by atoms with Crippen molar-refractivity contribution >= 4 is 58.2 Å². The molecule has 0 bridgehead atoms. The number of nitrogens with two attached hydrogens (primary N) is 1. The second-order valence-corrected chi connectivity index (χ2v) is 10.6. The predicted octanol–water partition coefficient (Wildman–Crippen LogP) is 4.87. The van der Waals surface area contributed by atoms with Crippen LogP contribution in [0, 0.1) is 5.92 Å². The van der Waals surface area contributed by atoms with Gasteiger partial charge in [-0.25, -0.2) is 0 Å². The summed E-state index contributed by atoms with van der Waals surface area (Å²) in [5.74, 6) is -0.473. The van der Waals surface area contributed by atoms with Gasteiger partial charge in [0.15, 0.2) is 0 Å². The molecule has 2 aromatic rings. The molecule has 33 heavy (non-hydrogen) atoms. The van der Waals surface area contributed by atoms with Crippen LogP contribution in [0.2, 0.25) is 20.1 Å². The topological polar surface area (TPSA) is 75.4 Å². The van der Waals surface area contributed by atoms with Crippen molar-refractivity contribution in [3.05, 3.63) is 67.6 Å². The van der Waals surface area contributed by atoms with E-state index in [0.29, 0.717) is 45.0 Å². The van der Waals surface area contributed by atoms with Crippen LogP contribution in [0.3, 0.4) is 0 Å². The number of benzene rings is 2. The Morgan fingerprint density at radius 3 is 2.27 bits per heavy atom. The number of nitrogens with zero attached hydrogens (tertiary/aromatic N) is 1. The van der Waals surface area contributed by atoms with Gasteiger partial charge >= 0.3 is 0 Å². The molecule has 2 atom stereocenters. The molecule has 1 aliphatic heterocycles. The first-order valence-corrected chi connectivity index (χ1v) is 12.4. The van der Waals surface area contributed by atoms with Gasteiger partial charge in [0.25, 0.3) is 0 Å². The Morgan fingerprint density at radius 2 is 1.73 bits per heavy atom. The number of carbonyl (C=O) groups is 2. The monoisotopic (exact) mass is 527 g/mol. The second kappa shape index (κ2) is 10.0. The van der Waals surface area contributed by atoms with Gasteiger partial charge in [-0.05, 0) is 73.7 Å². The molecule has 1 aliphatic carbocycles. The Kier molecular flexibility index (Phi) is 7.47. The van der Waals surface area contributed by atoms with E-state index in [1.807, 2.05) is 0 Å². The summed E-state index contributed by atoms with van der Waals surface area (Å²) < 4.78 is 0. The van der Waals surface area contributed by atoms with E-state index >= 15 is 0 Å². The zero-order valence-corrected chi connectivity index (χ0v) is 20.9. The molecule has 0 radical (unpaired) electrons. The van der Waals surface area contributed by atoms with Gasteiger partial charge < -0.3 is 16.0 Å². The highest BCUT2D eigenvalue weighted by Gasteiger charge is 2.55. The van der Waals surface area contributed by atoms with Gasteiger partial charge in [0.2, 0.25) is 11.8 Å². The first-order chi connectivity index (χ1) is 15.7. The zero-order chi connectivity index (χ0) is 23.8. The lowest BCUT2D eigenvalue weighted by atomic mass is 9.91. The lowest BCUT2D eigenvalue weighted by molar-refractivity contribution is -0.142. The summed E-state index contributed by atoms with van der Waals surface area (Å²) in [6.45, 7) is 2.09. The van der Waals surface area contributed by atoms with Gasteiger partial charge in [0.05, 0.1) is 5.41 Å². The molecule has 176 valence electrons. The van der Waals surface area contributed by atoms with Crippen molar-refractivity contribution in [2.45, 2.75) is 37.1 Å². The highest BCUT2D eigenvalue weighted by atomic mass is 35.5. The number of carbonyl (C=O) groups excluding carboxylic acids is 2. The lowest BCUT2D eigenvalue weighted by Gasteiger charge is -2.35. The van der Waals surface area contributed by atoms with Crippen LogP contribution >= 0.6 is 46.4 Å². The molecule has 1 heterocycles. The summed E-state index contributed by atoms with van der Waals surface area (Å²) in [5, 5.41) is 5.22. The van der Waals surface area contributed by atoms with Crippen molar-refractivity contribution in [1.82, 2.24) is 10.2 Å². The Bertz CT molecular complexity index is 1070. The Morgan fingerprint density at radius 1 is 1.06 bits per heavy atom. The molecule has 2 fully saturated rings. The zero-order valence-electron chi connectivity index (χ0n) is 17.9. The van der Waals surface area contributed by atoms with Crippen LogP contribution in [0.5, 0.6) is 0 Å². The van der Waals surface area contributed by atoms with E-state index in [-0.39, 0.29) is 18.2 Å². The van der Waals surface area contributed by atoms with E-state index in [0.717, 1.165) is 25.1 Å². The molecule has 2 aromatic carbocycles. The summed E-state index contributed by atoms with van der Waals surface area (Å²) >= 11 is 25.0.